The highest BCUT2D eigenvalue weighted by Crippen LogP contribution is 2.25. The Morgan fingerprint density at radius 3 is 2.61 bits per heavy atom. The van der Waals surface area contributed by atoms with Gasteiger partial charge < -0.3 is 16.3 Å². The Balaban J connectivity index is 2.45. The molecule has 1 amide bonds. The SMILES string of the molecule is CC(C)C(NC(=O)CC1CCSCC1)C(N)=NO. The molecule has 4 N–H and O–H groups in total. The van der Waals surface area contributed by atoms with Gasteiger partial charge in [0.1, 0.15) is 0 Å². The highest BCUT2D eigenvalue weighted by atomic mass is 32.2. The normalized spacial score (nSPS) is 19.8. The number of thioether (sulfide) groups is 1. The number of nitrogens with one attached hydrogen (secondary N) is 1. The summed E-state index contributed by atoms with van der Waals surface area (Å²) in [5, 5.41) is 14.5. The molecule has 1 saturated heterocycles. The molecule has 0 aromatic carbocycles. The summed E-state index contributed by atoms with van der Waals surface area (Å²) in [5.74, 6) is 2.94. The maximum atomic E-state index is 11.9. The largest absolute Gasteiger partial charge is 0.409 e. The molecule has 5 nitrogen and oxygen atoms in total. The highest BCUT2D eigenvalue weighted by molar-refractivity contribution is 7.99. The Labute approximate surface area is 113 Å². The van der Waals surface area contributed by atoms with E-state index in [1.807, 2.05) is 25.6 Å². The number of nitrogens with two attached hydrogens (primary N) is 1. The van der Waals surface area contributed by atoms with Gasteiger partial charge in [-0.1, -0.05) is 19.0 Å². The maximum Gasteiger partial charge on any atom is 0.220 e. The van der Waals surface area contributed by atoms with Crippen molar-refractivity contribution >= 4 is 23.5 Å². The molecule has 18 heavy (non-hydrogen) atoms. The van der Waals surface area contributed by atoms with Crippen LogP contribution in [0.15, 0.2) is 5.16 Å². The van der Waals surface area contributed by atoms with Crippen LogP contribution < -0.4 is 11.1 Å². The van der Waals surface area contributed by atoms with Crippen LogP contribution >= 0.6 is 11.8 Å². The summed E-state index contributed by atoms with van der Waals surface area (Å²) in [6, 6.07) is -0.388. The van der Waals surface area contributed by atoms with E-state index in [-0.39, 0.29) is 23.7 Å². The fourth-order valence-corrected chi connectivity index (χ4v) is 3.29. The quantitative estimate of drug-likeness (QED) is 0.306. The zero-order valence-electron chi connectivity index (χ0n) is 11.1. The topological polar surface area (TPSA) is 87.7 Å². The summed E-state index contributed by atoms with van der Waals surface area (Å²) in [6.07, 6.45) is 2.75. The molecule has 1 atom stereocenters. The summed E-state index contributed by atoms with van der Waals surface area (Å²) in [7, 11) is 0. The Bertz CT molecular complexity index is 302. The van der Waals surface area contributed by atoms with Crippen LogP contribution in [0.4, 0.5) is 0 Å². The van der Waals surface area contributed by atoms with Crippen LogP contribution in [0.1, 0.15) is 33.1 Å². The molecule has 0 spiro atoms. The van der Waals surface area contributed by atoms with Crippen molar-refractivity contribution in [1.29, 1.82) is 0 Å². The van der Waals surface area contributed by atoms with Crippen LogP contribution in [0.2, 0.25) is 0 Å². The lowest BCUT2D eigenvalue weighted by molar-refractivity contribution is -0.122. The number of hydrogen-bond acceptors (Lipinski definition) is 4. The van der Waals surface area contributed by atoms with Crippen LogP contribution in [0.25, 0.3) is 0 Å². The van der Waals surface area contributed by atoms with E-state index < -0.39 is 0 Å². The number of carbonyl (C=O) groups excluding carboxylic acids is 1. The molecule has 0 aliphatic carbocycles. The molecule has 1 fully saturated rings. The first-order chi connectivity index (χ1) is 8.54. The summed E-state index contributed by atoms with van der Waals surface area (Å²) >= 11 is 1.95. The fourth-order valence-electron chi connectivity index (χ4n) is 2.09. The van der Waals surface area contributed by atoms with E-state index in [1.54, 1.807) is 0 Å². The van der Waals surface area contributed by atoms with E-state index in [9.17, 15) is 4.79 Å². The van der Waals surface area contributed by atoms with Crippen molar-refractivity contribution in [3.63, 3.8) is 0 Å². The van der Waals surface area contributed by atoms with Gasteiger partial charge >= 0.3 is 0 Å². The Morgan fingerprint density at radius 2 is 2.11 bits per heavy atom. The van der Waals surface area contributed by atoms with Crippen molar-refractivity contribution in [2.24, 2.45) is 22.7 Å². The monoisotopic (exact) mass is 273 g/mol. The summed E-state index contributed by atoms with van der Waals surface area (Å²) < 4.78 is 0. The van der Waals surface area contributed by atoms with E-state index in [2.05, 4.69) is 10.5 Å². The van der Waals surface area contributed by atoms with Gasteiger partial charge in [0.05, 0.1) is 6.04 Å². The molecule has 0 radical (unpaired) electrons. The summed E-state index contributed by atoms with van der Waals surface area (Å²) in [4.78, 5) is 11.9. The summed E-state index contributed by atoms with van der Waals surface area (Å²) in [5.41, 5.74) is 5.58. The minimum Gasteiger partial charge on any atom is -0.409 e. The van der Waals surface area contributed by atoms with Gasteiger partial charge in [0.15, 0.2) is 5.84 Å². The predicted octanol–water partition coefficient (Wildman–Crippen LogP) is 1.41. The number of hydrogen-bond donors (Lipinski definition) is 3. The van der Waals surface area contributed by atoms with Gasteiger partial charge in [-0.2, -0.15) is 11.8 Å². The first kappa shape index (κ1) is 15.1. The molecule has 104 valence electrons. The lowest BCUT2D eigenvalue weighted by Gasteiger charge is -2.24. The molecule has 0 aromatic heterocycles. The van der Waals surface area contributed by atoms with E-state index in [0.29, 0.717) is 12.3 Å². The molecule has 1 unspecified atom stereocenters. The second-order valence-corrected chi connectivity index (χ2v) is 6.30. The van der Waals surface area contributed by atoms with E-state index in [0.717, 1.165) is 24.3 Å². The van der Waals surface area contributed by atoms with E-state index in [4.69, 9.17) is 10.9 Å². The van der Waals surface area contributed by atoms with Gasteiger partial charge in [-0.25, -0.2) is 0 Å². The molecule has 6 heteroatoms. The standard InChI is InChI=1S/C12H23N3O2S/c1-8(2)11(12(13)15-17)14-10(16)7-9-3-5-18-6-4-9/h8-9,11,17H,3-7H2,1-2H3,(H2,13,15)(H,14,16). The molecule has 1 heterocycles. The Kier molecular flexibility index (Phi) is 6.32. The van der Waals surface area contributed by atoms with Gasteiger partial charge in [-0.05, 0) is 36.2 Å². The Hall–Kier alpha value is -0.910. The van der Waals surface area contributed by atoms with Crippen molar-refractivity contribution in [2.45, 2.75) is 39.2 Å². The van der Waals surface area contributed by atoms with Crippen molar-refractivity contribution in [3.8, 4) is 0 Å². The van der Waals surface area contributed by atoms with Crippen LogP contribution in [0.3, 0.4) is 0 Å². The smallest absolute Gasteiger partial charge is 0.220 e. The number of carbonyl (C=O) groups is 1. The van der Waals surface area contributed by atoms with Crippen molar-refractivity contribution in [1.82, 2.24) is 5.32 Å². The number of amides is 1. The zero-order chi connectivity index (χ0) is 13.5. The van der Waals surface area contributed by atoms with Crippen LogP contribution in [0, 0.1) is 11.8 Å². The summed E-state index contributed by atoms with van der Waals surface area (Å²) in [6.45, 7) is 3.86. The molecule has 0 saturated carbocycles. The van der Waals surface area contributed by atoms with E-state index in [1.165, 1.54) is 0 Å². The second kappa shape index (κ2) is 7.51. The van der Waals surface area contributed by atoms with Gasteiger partial charge in [0.2, 0.25) is 5.91 Å². The maximum absolute atomic E-state index is 11.9. The van der Waals surface area contributed by atoms with Crippen LogP contribution in [-0.2, 0) is 4.79 Å². The third kappa shape index (κ3) is 4.76. The van der Waals surface area contributed by atoms with E-state index >= 15 is 0 Å². The zero-order valence-corrected chi connectivity index (χ0v) is 11.9. The van der Waals surface area contributed by atoms with Crippen molar-refractivity contribution < 1.29 is 10.0 Å². The average molecular weight is 273 g/mol. The average Bonchev–Trinajstić information content (AvgIpc) is 2.36. The number of rotatable bonds is 5. The third-order valence-electron chi connectivity index (χ3n) is 3.23. The van der Waals surface area contributed by atoms with Gasteiger partial charge in [-0.3, -0.25) is 4.79 Å². The predicted molar refractivity (Wildman–Crippen MR) is 74.8 cm³/mol. The molecular formula is C12H23N3O2S. The first-order valence-electron chi connectivity index (χ1n) is 6.39. The minimum absolute atomic E-state index is 0.00259. The van der Waals surface area contributed by atoms with Gasteiger partial charge in [-0.15, -0.1) is 0 Å². The first-order valence-corrected chi connectivity index (χ1v) is 7.54. The highest BCUT2D eigenvalue weighted by Gasteiger charge is 2.23. The third-order valence-corrected chi connectivity index (χ3v) is 4.28. The van der Waals surface area contributed by atoms with Crippen LogP contribution in [0.5, 0.6) is 0 Å². The van der Waals surface area contributed by atoms with Crippen molar-refractivity contribution in [3.05, 3.63) is 0 Å². The molecule has 1 aliphatic rings. The lowest BCUT2D eigenvalue weighted by atomic mass is 9.97. The molecule has 0 bridgehead atoms. The molecule has 0 aromatic rings. The molecular weight excluding hydrogens is 250 g/mol. The number of amidine groups is 1. The van der Waals surface area contributed by atoms with Gasteiger partial charge in [0.25, 0.3) is 0 Å². The van der Waals surface area contributed by atoms with Gasteiger partial charge in [0, 0.05) is 6.42 Å². The minimum atomic E-state index is -0.388. The molecule has 1 aliphatic heterocycles. The Morgan fingerprint density at radius 1 is 1.50 bits per heavy atom. The van der Waals surface area contributed by atoms with Crippen LogP contribution in [-0.4, -0.2) is 34.5 Å². The number of oxime groups is 1. The number of nitrogens with zero attached hydrogens (tertiary/aromatic N) is 1. The fraction of sp³-hybridized carbons (Fsp3) is 0.833. The lowest BCUT2D eigenvalue weighted by Crippen LogP contribution is -2.48. The molecule has 1 rings (SSSR count). The second-order valence-electron chi connectivity index (χ2n) is 5.07. The van der Waals surface area contributed by atoms with Crippen molar-refractivity contribution in [2.75, 3.05) is 11.5 Å².